The number of nitrogens with zero attached hydrogens (tertiary/aromatic N) is 1. The molecule has 0 fully saturated rings. The molecule has 0 aliphatic carbocycles. The Balaban J connectivity index is 4.27. The molecule has 0 aromatic carbocycles. The second kappa shape index (κ2) is 4.50. The molecule has 0 radical (unpaired) electrons. The smallest absolute Gasteiger partial charge is 0.356 e. The van der Waals surface area contributed by atoms with E-state index in [1.165, 1.54) is 7.05 Å². The van der Waals surface area contributed by atoms with E-state index in [1.54, 1.807) is 0 Å². The van der Waals surface area contributed by atoms with Crippen LogP contribution in [0.2, 0.25) is 0 Å². The second-order valence-electron chi connectivity index (χ2n) is 2.05. The van der Waals surface area contributed by atoms with Crippen LogP contribution in [0.1, 0.15) is 0 Å². The van der Waals surface area contributed by atoms with Crippen LogP contribution in [0.15, 0.2) is 12.7 Å². The Hall–Kier alpha value is -1.36. The SMILES string of the molecule is C=CC(=O)N(C)C(O)C(=O)OC. The average Bonchev–Trinajstić information content (AvgIpc) is 2.12. The van der Waals surface area contributed by atoms with Gasteiger partial charge in [0.2, 0.25) is 12.1 Å². The van der Waals surface area contributed by atoms with Gasteiger partial charge in [0.05, 0.1) is 7.11 Å². The lowest BCUT2D eigenvalue weighted by atomic mass is 10.4. The third-order valence-electron chi connectivity index (χ3n) is 1.30. The molecule has 12 heavy (non-hydrogen) atoms. The van der Waals surface area contributed by atoms with Crippen molar-refractivity contribution in [3.05, 3.63) is 12.7 Å². The summed E-state index contributed by atoms with van der Waals surface area (Å²) >= 11 is 0. The van der Waals surface area contributed by atoms with Crippen molar-refractivity contribution in [3.8, 4) is 0 Å². The minimum absolute atomic E-state index is 0.548. The summed E-state index contributed by atoms with van der Waals surface area (Å²) < 4.78 is 4.21. The number of aliphatic hydroxyl groups excluding tert-OH is 1. The predicted octanol–water partition coefficient (Wildman–Crippen LogP) is -0.878. The zero-order valence-corrected chi connectivity index (χ0v) is 6.98. The van der Waals surface area contributed by atoms with Crippen molar-refractivity contribution in [2.24, 2.45) is 0 Å². The van der Waals surface area contributed by atoms with Crippen LogP contribution in [-0.2, 0) is 14.3 Å². The van der Waals surface area contributed by atoms with E-state index in [1.807, 2.05) is 0 Å². The molecule has 1 unspecified atom stereocenters. The van der Waals surface area contributed by atoms with Crippen LogP contribution >= 0.6 is 0 Å². The lowest BCUT2D eigenvalue weighted by Gasteiger charge is -2.19. The largest absolute Gasteiger partial charge is 0.466 e. The van der Waals surface area contributed by atoms with Gasteiger partial charge in [-0.1, -0.05) is 6.58 Å². The quantitative estimate of drug-likeness (QED) is 0.342. The summed E-state index contributed by atoms with van der Waals surface area (Å²) in [5.41, 5.74) is 0. The number of hydrogen-bond donors (Lipinski definition) is 1. The summed E-state index contributed by atoms with van der Waals surface area (Å²) in [6.07, 6.45) is -0.577. The first-order chi connectivity index (χ1) is 5.54. The summed E-state index contributed by atoms with van der Waals surface area (Å²) in [7, 11) is 2.39. The molecular weight excluding hydrogens is 162 g/mol. The minimum Gasteiger partial charge on any atom is -0.466 e. The van der Waals surface area contributed by atoms with E-state index in [0.717, 1.165) is 18.1 Å². The van der Waals surface area contributed by atoms with E-state index in [-0.39, 0.29) is 0 Å². The summed E-state index contributed by atoms with van der Waals surface area (Å²) in [4.78, 5) is 22.3. The standard InChI is InChI=1S/C7H11NO4/c1-4-5(9)8(2)6(10)7(11)12-3/h4,6,10H,1H2,2-3H3. The fraction of sp³-hybridized carbons (Fsp3) is 0.429. The first kappa shape index (κ1) is 10.6. The van der Waals surface area contributed by atoms with Gasteiger partial charge in [-0.05, 0) is 6.08 Å². The van der Waals surface area contributed by atoms with Gasteiger partial charge in [-0.2, -0.15) is 0 Å². The number of ether oxygens (including phenoxy) is 1. The maximum absolute atomic E-state index is 10.8. The fourth-order valence-corrected chi connectivity index (χ4v) is 0.528. The van der Waals surface area contributed by atoms with Crippen molar-refractivity contribution in [1.82, 2.24) is 4.90 Å². The minimum atomic E-state index is -1.57. The van der Waals surface area contributed by atoms with Crippen molar-refractivity contribution < 1.29 is 19.4 Å². The molecule has 0 rings (SSSR count). The Labute approximate surface area is 70.2 Å². The zero-order chi connectivity index (χ0) is 9.72. The Morgan fingerprint density at radius 1 is 1.67 bits per heavy atom. The molecule has 0 heterocycles. The average molecular weight is 173 g/mol. The number of carbonyl (C=O) groups is 2. The van der Waals surface area contributed by atoms with Gasteiger partial charge in [0.15, 0.2) is 0 Å². The molecule has 0 spiro atoms. The molecule has 0 aliphatic heterocycles. The summed E-state index contributed by atoms with van der Waals surface area (Å²) in [5.74, 6) is -1.43. The fourth-order valence-electron chi connectivity index (χ4n) is 0.528. The zero-order valence-electron chi connectivity index (χ0n) is 6.98. The van der Waals surface area contributed by atoms with Crippen LogP contribution in [0.3, 0.4) is 0 Å². The highest BCUT2D eigenvalue weighted by atomic mass is 16.5. The van der Waals surface area contributed by atoms with Crippen molar-refractivity contribution in [1.29, 1.82) is 0 Å². The molecule has 0 saturated heterocycles. The monoisotopic (exact) mass is 173 g/mol. The summed E-state index contributed by atoms with van der Waals surface area (Å²) in [5, 5.41) is 9.07. The van der Waals surface area contributed by atoms with Crippen LogP contribution < -0.4 is 0 Å². The van der Waals surface area contributed by atoms with Crippen LogP contribution in [-0.4, -0.2) is 42.3 Å². The van der Waals surface area contributed by atoms with Gasteiger partial charge in [0.1, 0.15) is 0 Å². The first-order valence-corrected chi connectivity index (χ1v) is 3.19. The molecule has 0 aromatic heterocycles. The van der Waals surface area contributed by atoms with E-state index >= 15 is 0 Å². The van der Waals surface area contributed by atoms with Gasteiger partial charge in [0.25, 0.3) is 0 Å². The number of aliphatic hydroxyl groups is 1. The van der Waals surface area contributed by atoms with E-state index in [9.17, 15) is 9.59 Å². The Bertz CT molecular complexity index is 202. The molecule has 1 atom stereocenters. The van der Waals surface area contributed by atoms with Gasteiger partial charge in [0, 0.05) is 7.05 Å². The van der Waals surface area contributed by atoms with E-state index < -0.39 is 18.1 Å². The predicted molar refractivity (Wildman–Crippen MR) is 41.0 cm³/mol. The van der Waals surface area contributed by atoms with E-state index in [0.29, 0.717) is 0 Å². The molecule has 5 heteroatoms. The highest BCUT2D eigenvalue weighted by Crippen LogP contribution is 1.95. The van der Waals surface area contributed by atoms with E-state index in [4.69, 9.17) is 5.11 Å². The van der Waals surface area contributed by atoms with Gasteiger partial charge in [-0.3, -0.25) is 4.79 Å². The van der Waals surface area contributed by atoms with Crippen molar-refractivity contribution in [3.63, 3.8) is 0 Å². The van der Waals surface area contributed by atoms with E-state index in [2.05, 4.69) is 11.3 Å². The van der Waals surface area contributed by atoms with Gasteiger partial charge >= 0.3 is 5.97 Å². The van der Waals surface area contributed by atoms with Crippen molar-refractivity contribution in [2.45, 2.75) is 6.23 Å². The number of rotatable bonds is 3. The van der Waals surface area contributed by atoms with Crippen LogP contribution in [0.5, 0.6) is 0 Å². The van der Waals surface area contributed by atoms with Crippen LogP contribution in [0.4, 0.5) is 0 Å². The van der Waals surface area contributed by atoms with Gasteiger partial charge in [-0.25, -0.2) is 4.79 Å². The lowest BCUT2D eigenvalue weighted by Crippen LogP contribution is -2.42. The molecule has 0 aliphatic rings. The third kappa shape index (κ3) is 2.35. The molecule has 68 valence electrons. The molecular formula is C7H11NO4. The number of methoxy groups -OCH3 is 1. The number of esters is 1. The Kier molecular flexibility index (Phi) is 3.99. The molecule has 0 bridgehead atoms. The summed E-state index contributed by atoms with van der Waals surface area (Å²) in [6.45, 7) is 3.19. The first-order valence-electron chi connectivity index (χ1n) is 3.19. The number of hydrogen-bond acceptors (Lipinski definition) is 4. The normalized spacial score (nSPS) is 11.6. The molecule has 0 saturated carbocycles. The van der Waals surface area contributed by atoms with Crippen LogP contribution in [0.25, 0.3) is 0 Å². The molecule has 1 N–H and O–H groups in total. The maximum atomic E-state index is 10.8. The molecule has 5 nitrogen and oxygen atoms in total. The van der Waals surface area contributed by atoms with Crippen LogP contribution in [0, 0.1) is 0 Å². The Morgan fingerprint density at radius 3 is 2.50 bits per heavy atom. The van der Waals surface area contributed by atoms with Gasteiger partial charge < -0.3 is 14.7 Å². The number of likely N-dealkylation sites (N-methyl/N-ethyl adjacent to an activating group) is 1. The highest BCUT2D eigenvalue weighted by Gasteiger charge is 2.22. The van der Waals surface area contributed by atoms with Gasteiger partial charge in [-0.15, -0.1) is 0 Å². The van der Waals surface area contributed by atoms with Crippen molar-refractivity contribution >= 4 is 11.9 Å². The topological polar surface area (TPSA) is 66.8 Å². The maximum Gasteiger partial charge on any atom is 0.356 e. The third-order valence-corrected chi connectivity index (χ3v) is 1.30. The molecule has 1 amide bonds. The van der Waals surface area contributed by atoms with Crippen molar-refractivity contribution in [2.75, 3.05) is 14.2 Å². The number of carbonyl (C=O) groups excluding carboxylic acids is 2. The lowest BCUT2D eigenvalue weighted by molar-refractivity contribution is -0.164. The molecule has 0 aromatic rings. The summed E-state index contributed by atoms with van der Waals surface area (Å²) in [6, 6.07) is 0. The second-order valence-corrected chi connectivity index (χ2v) is 2.05. The highest BCUT2D eigenvalue weighted by molar-refractivity contribution is 5.90. The number of amides is 1. The Morgan fingerprint density at radius 2 is 2.17 bits per heavy atom.